The fourth-order valence-electron chi connectivity index (χ4n) is 4.53. The SMILES string of the molecule is CCCCCN(C)CCCC(=O)OCc1ccc(-c2ccc(COC(=O)CCCN(C)CCCCC)cc2)cc1. The van der Waals surface area contributed by atoms with E-state index in [1.165, 1.54) is 38.5 Å². The van der Waals surface area contributed by atoms with Crippen LogP contribution in [0, 0.1) is 0 Å². The highest BCUT2D eigenvalue weighted by molar-refractivity contribution is 5.70. The summed E-state index contributed by atoms with van der Waals surface area (Å²) in [5.41, 5.74) is 4.13. The van der Waals surface area contributed by atoms with E-state index in [4.69, 9.17) is 9.47 Å². The first kappa shape index (κ1) is 33.5. The summed E-state index contributed by atoms with van der Waals surface area (Å²) in [5.74, 6) is -0.283. The van der Waals surface area contributed by atoms with Gasteiger partial charge in [0.25, 0.3) is 0 Å². The van der Waals surface area contributed by atoms with E-state index in [1.807, 2.05) is 48.5 Å². The Morgan fingerprint density at radius 2 is 0.900 bits per heavy atom. The smallest absolute Gasteiger partial charge is 0.306 e. The zero-order chi connectivity index (χ0) is 29.0. The quantitative estimate of drug-likeness (QED) is 0.120. The highest BCUT2D eigenvalue weighted by Crippen LogP contribution is 2.21. The number of hydrogen-bond acceptors (Lipinski definition) is 6. The summed E-state index contributed by atoms with van der Waals surface area (Å²) in [7, 11) is 4.23. The molecule has 222 valence electrons. The van der Waals surface area contributed by atoms with Crippen LogP contribution in [-0.2, 0) is 32.3 Å². The van der Waals surface area contributed by atoms with Crippen LogP contribution < -0.4 is 0 Å². The van der Waals surface area contributed by atoms with Gasteiger partial charge < -0.3 is 19.3 Å². The molecule has 2 aromatic carbocycles. The van der Waals surface area contributed by atoms with Gasteiger partial charge in [-0.15, -0.1) is 0 Å². The van der Waals surface area contributed by atoms with Crippen LogP contribution in [0.25, 0.3) is 11.1 Å². The Labute approximate surface area is 243 Å². The van der Waals surface area contributed by atoms with Crippen molar-refractivity contribution in [2.24, 2.45) is 0 Å². The summed E-state index contributed by atoms with van der Waals surface area (Å²) in [4.78, 5) is 28.8. The molecule has 0 saturated carbocycles. The maximum atomic E-state index is 12.1. The van der Waals surface area contributed by atoms with Gasteiger partial charge in [-0.1, -0.05) is 88.1 Å². The summed E-state index contributed by atoms with van der Waals surface area (Å²) < 4.78 is 10.9. The number of carbonyl (C=O) groups is 2. The number of hydrogen-bond donors (Lipinski definition) is 0. The number of nitrogens with zero attached hydrogens (tertiary/aromatic N) is 2. The zero-order valence-corrected chi connectivity index (χ0v) is 25.5. The predicted molar refractivity (Wildman–Crippen MR) is 164 cm³/mol. The molecule has 6 heteroatoms. The first-order valence-electron chi connectivity index (χ1n) is 15.3. The Bertz CT molecular complexity index is 879. The Morgan fingerprint density at radius 3 is 1.25 bits per heavy atom. The van der Waals surface area contributed by atoms with Crippen LogP contribution in [0.1, 0.15) is 89.2 Å². The van der Waals surface area contributed by atoms with E-state index in [0.717, 1.165) is 61.3 Å². The molecule has 0 radical (unpaired) electrons. The molecule has 0 aliphatic heterocycles. The van der Waals surface area contributed by atoms with Crippen molar-refractivity contribution >= 4 is 11.9 Å². The van der Waals surface area contributed by atoms with E-state index in [1.54, 1.807) is 0 Å². The molecular weight excluding hydrogens is 500 g/mol. The maximum absolute atomic E-state index is 12.1. The van der Waals surface area contributed by atoms with Crippen LogP contribution in [0.15, 0.2) is 48.5 Å². The van der Waals surface area contributed by atoms with E-state index >= 15 is 0 Å². The van der Waals surface area contributed by atoms with Crippen LogP contribution in [0.3, 0.4) is 0 Å². The lowest BCUT2D eigenvalue weighted by Gasteiger charge is -2.15. The second-order valence-electron chi connectivity index (χ2n) is 10.9. The molecule has 0 aliphatic carbocycles. The molecule has 0 spiro atoms. The molecule has 2 rings (SSSR count). The van der Waals surface area contributed by atoms with Gasteiger partial charge in [-0.2, -0.15) is 0 Å². The van der Waals surface area contributed by atoms with Gasteiger partial charge in [0.05, 0.1) is 0 Å². The number of ether oxygens (including phenoxy) is 2. The molecule has 0 aromatic heterocycles. The van der Waals surface area contributed by atoms with Crippen LogP contribution in [0.5, 0.6) is 0 Å². The highest BCUT2D eigenvalue weighted by Gasteiger charge is 2.08. The van der Waals surface area contributed by atoms with Crippen molar-refractivity contribution in [3.05, 3.63) is 59.7 Å². The molecule has 0 aliphatic rings. The summed E-state index contributed by atoms with van der Waals surface area (Å²) in [6, 6.07) is 16.2. The van der Waals surface area contributed by atoms with Crippen LogP contribution in [0.4, 0.5) is 0 Å². The average molecular weight is 553 g/mol. The molecule has 6 nitrogen and oxygen atoms in total. The zero-order valence-electron chi connectivity index (χ0n) is 25.5. The Balaban J connectivity index is 1.65. The van der Waals surface area contributed by atoms with E-state index in [-0.39, 0.29) is 11.9 Å². The molecule has 0 heterocycles. The Kier molecular flexibility index (Phi) is 16.9. The van der Waals surface area contributed by atoms with Gasteiger partial charge in [-0.05, 0) is 88.2 Å². The molecule has 0 saturated heterocycles. The summed E-state index contributed by atoms with van der Waals surface area (Å²) in [6.07, 6.45) is 9.95. The van der Waals surface area contributed by atoms with Crippen molar-refractivity contribution in [2.75, 3.05) is 40.3 Å². The fraction of sp³-hybridized carbons (Fsp3) is 0.588. The van der Waals surface area contributed by atoms with Crippen molar-refractivity contribution in [1.82, 2.24) is 9.80 Å². The average Bonchev–Trinajstić information content (AvgIpc) is 2.96. The van der Waals surface area contributed by atoms with Gasteiger partial charge in [-0.3, -0.25) is 9.59 Å². The van der Waals surface area contributed by atoms with Crippen molar-refractivity contribution in [3.8, 4) is 11.1 Å². The van der Waals surface area contributed by atoms with Crippen LogP contribution in [-0.4, -0.2) is 62.0 Å². The summed E-state index contributed by atoms with van der Waals surface area (Å²) >= 11 is 0. The van der Waals surface area contributed by atoms with E-state index < -0.39 is 0 Å². The van der Waals surface area contributed by atoms with Crippen LogP contribution >= 0.6 is 0 Å². The second-order valence-corrected chi connectivity index (χ2v) is 10.9. The van der Waals surface area contributed by atoms with E-state index in [2.05, 4.69) is 37.7 Å². The molecule has 0 atom stereocenters. The van der Waals surface area contributed by atoms with Gasteiger partial charge in [0.15, 0.2) is 0 Å². The minimum atomic E-state index is -0.142. The third kappa shape index (κ3) is 14.6. The number of benzene rings is 2. The lowest BCUT2D eigenvalue weighted by Crippen LogP contribution is -2.21. The standard InChI is InChI=1S/C34H52N2O4/c1-5-7-9-23-35(3)25-11-13-33(37)39-27-29-15-19-31(20-16-29)32-21-17-30(18-22-32)28-40-34(38)14-12-26-36(4)24-10-8-6-2/h15-22H,5-14,23-28H2,1-4H3. The second kappa shape index (κ2) is 20.2. The molecular formula is C34H52N2O4. The minimum absolute atomic E-state index is 0.142. The summed E-state index contributed by atoms with van der Waals surface area (Å²) in [5, 5.41) is 0. The monoisotopic (exact) mass is 552 g/mol. The number of carbonyl (C=O) groups excluding carboxylic acids is 2. The summed E-state index contributed by atoms with van der Waals surface area (Å²) in [6.45, 7) is 9.03. The molecule has 40 heavy (non-hydrogen) atoms. The molecule has 0 bridgehead atoms. The lowest BCUT2D eigenvalue weighted by molar-refractivity contribution is -0.146. The first-order valence-corrected chi connectivity index (χ1v) is 15.3. The van der Waals surface area contributed by atoms with Crippen LogP contribution in [0.2, 0.25) is 0 Å². The molecule has 2 aromatic rings. The molecule has 0 N–H and O–H groups in total. The third-order valence-electron chi connectivity index (χ3n) is 7.17. The fourth-order valence-corrected chi connectivity index (χ4v) is 4.53. The Hall–Kier alpha value is -2.70. The van der Waals surface area contributed by atoms with Gasteiger partial charge in [0.2, 0.25) is 0 Å². The largest absolute Gasteiger partial charge is 0.461 e. The van der Waals surface area contributed by atoms with Gasteiger partial charge in [-0.25, -0.2) is 0 Å². The third-order valence-corrected chi connectivity index (χ3v) is 7.17. The minimum Gasteiger partial charge on any atom is -0.461 e. The van der Waals surface area contributed by atoms with Crippen molar-refractivity contribution in [2.45, 2.75) is 91.3 Å². The number of rotatable bonds is 21. The van der Waals surface area contributed by atoms with Gasteiger partial charge >= 0.3 is 11.9 Å². The number of unbranched alkanes of at least 4 members (excludes halogenated alkanes) is 4. The first-order chi connectivity index (χ1) is 19.4. The molecule has 0 fully saturated rings. The number of esters is 2. The molecule has 0 amide bonds. The maximum Gasteiger partial charge on any atom is 0.306 e. The Morgan fingerprint density at radius 1 is 0.550 bits per heavy atom. The van der Waals surface area contributed by atoms with Gasteiger partial charge in [0, 0.05) is 12.8 Å². The molecule has 0 unspecified atom stereocenters. The highest BCUT2D eigenvalue weighted by atomic mass is 16.5. The predicted octanol–water partition coefficient (Wildman–Crippen LogP) is 7.24. The van der Waals surface area contributed by atoms with Crippen molar-refractivity contribution < 1.29 is 19.1 Å². The van der Waals surface area contributed by atoms with Crippen molar-refractivity contribution in [3.63, 3.8) is 0 Å². The normalized spacial score (nSPS) is 11.2. The van der Waals surface area contributed by atoms with E-state index in [9.17, 15) is 9.59 Å². The topological polar surface area (TPSA) is 59.1 Å². The van der Waals surface area contributed by atoms with Crippen molar-refractivity contribution in [1.29, 1.82) is 0 Å². The van der Waals surface area contributed by atoms with E-state index in [0.29, 0.717) is 26.1 Å². The lowest BCUT2D eigenvalue weighted by atomic mass is 10.0. The van der Waals surface area contributed by atoms with Gasteiger partial charge in [0.1, 0.15) is 13.2 Å².